The summed E-state index contributed by atoms with van der Waals surface area (Å²) in [7, 11) is 1.57. The fourth-order valence-electron chi connectivity index (χ4n) is 4.56. The molecule has 0 bridgehead atoms. The molecular formula is C31H27Br2ClN4O4S. The Kier molecular flexibility index (Phi) is 10.2. The number of halogens is 3. The zero-order valence-electron chi connectivity index (χ0n) is 23.3. The van der Waals surface area contributed by atoms with Gasteiger partial charge in [-0.1, -0.05) is 82.3 Å². The van der Waals surface area contributed by atoms with E-state index in [2.05, 4.69) is 43.8 Å². The Balaban J connectivity index is 1.51. The molecule has 1 aliphatic heterocycles. The highest BCUT2D eigenvalue weighted by Gasteiger charge is 2.36. The van der Waals surface area contributed by atoms with Crippen LogP contribution >= 0.6 is 55.2 Å². The van der Waals surface area contributed by atoms with Crippen molar-refractivity contribution in [1.29, 1.82) is 0 Å². The van der Waals surface area contributed by atoms with E-state index in [-0.39, 0.29) is 6.61 Å². The van der Waals surface area contributed by atoms with Gasteiger partial charge in [0.05, 0.1) is 17.2 Å². The molecule has 3 aromatic carbocycles. The maximum atomic E-state index is 13.4. The van der Waals surface area contributed by atoms with Gasteiger partial charge in [0.1, 0.15) is 19.3 Å². The lowest BCUT2D eigenvalue weighted by atomic mass is 9.95. The monoisotopic (exact) mass is 744 g/mol. The van der Waals surface area contributed by atoms with Crippen LogP contribution in [-0.4, -0.2) is 34.5 Å². The van der Waals surface area contributed by atoms with Gasteiger partial charge in [0.15, 0.2) is 11.5 Å². The van der Waals surface area contributed by atoms with E-state index in [4.69, 9.17) is 35.9 Å². The van der Waals surface area contributed by atoms with Crippen LogP contribution < -0.4 is 14.8 Å². The zero-order chi connectivity index (χ0) is 30.5. The van der Waals surface area contributed by atoms with E-state index < -0.39 is 12.0 Å². The molecule has 1 atom stereocenters. The first kappa shape index (κ1) is 31.2. The molecule has 5 rings (SSSR count). The number of anilines is 1. The number of carbonyl (C=O) groups excluding carboxylic acids is 1. The van der Waals surface area contributed by atoms with E-state index in [1.807, 2.05) is 67.6 Å². The molecule has 4 aromatic rings. The molecule has 1 aliphatic rings. The summed E-state index contributed by atoms with van der Waals surface area (Å²) in [5.41, 5.74) is 3.68. The Hall–Kier alpha value is -3.25. The number of rotatable bonds is 11. The first-order chi connectivity index (χ1) is 20.8. The van der Waals surface area contributed by atoms with Crippen LogP contribution in [0.1, 0.15) is 29.7 Å². The third-order valence-corrected chi connectivity index (χ3v) is 8.88. The third kappa shape index (κ3) is 7.12. The first-order valence-electron chi connectivity index (χ1n) is 13.1. The average Bonchev–Trinajstić information content (AvgIpc) is 3.40. The van der Waals surface area contributed by atoms with Gasteiger partial charge in [-0.15, -0.1) is 5.10 Å². The zero-order valence-corrected chi connectivity index (χ0v) is 28.0. The van der Waals surface area contributed by atoms with Crippen molar-refractivity contribution in [2.75, 3.05) is 19.0 Å². The number of thioether (sulfide) groups is 1. The highest BCUT2D eigenvalue weighted by atomic mass is 79.9. The summed E-state index contributed by atoms with van der Waals surface area (Å²) in [6.45, 7) is 5.88. The molecule has 0 spiro atoms. The van der Waals surface area contributed by atoms with E-state index >= 15 is 0 Å². The summed E-state index contributed by atoms with van der Waals surface area (Å²) < 4.78 is 20.7. The van der Waals surface area contributed by atoms with Crippen molar-refractivity contribution in [3.8, 4) is 11.5 Å². The van der Waals surface area contributed by atoms with Crippen LogP contribution in [-0.2, 0) is 21.9 Å². The lowest BCUT2D eigenvalue weighted by Crippen LogP contribution is -2.29. The molecule has 1 unspecified atom stereocenters. The molecule has 8 nitrogen and oxygen atoms in total. The number of methoxy groups -OCH3 is 1. The van der Waals surface area contributed by atoms with Crippen molar-refractivity contribution in [1.82, 2.24) is 14.8 Å². The van der Waals surface area contributed by atoms with E-state index in [1.165, 1.54) is 17.8 Å². The minimum atomic E-state index is -0.667. The van der Waals surface area contributed by atoms with Gasteiger partial charge in [-0.3, -0.25) is 0 Å². The maximum Gasteiger partial charge on any atom is 0.338 e. The second-order valence-corrected chi connectivity index (χ2v) is 12.6. The number of fused-ring (bicyclic) bond motifs is 1. The summed E-state index contributed by atoms with van der Waals surface area (Å²) in [5, 5.41) is 9.24. The Bertz CT molecular complexity index is 1710. The summed E-state index contributed by atoms with van der Waals surface area (Å²) in [6.07, 6.45) is 1.53. The Morgan fingerprint density at radius 2 is 2.00 bits per heavy atom. The van der Waals surface area contributed by atoms with Crippen molar-refractivity contribution < 1.29 is 19.0 Å². The van der Waals surface area contributed by atoms with Crippen LogP contribution in [0.2, 0.25) is 5.02 Å². The van der Waals surface area contributed by atoms with Crippen LogP contribution in [0.15, 0.2) is 98.7 Å². The number of hydrogen-bond donors (Lipinski definition) is 1. The molecule has 1 aromatic heterocycles. The number of aromatic nitrogens is 3. The number of nitrogens with one attached hydrogen (secondary N) is 1. The summed E-state index contributed by atoms with van der Waals surface area (Å²) in [5.74, 6) is 1.61. The second-order valence-electron chi connectivity index (χ2n) is 9.45. The molecule has 0 radical (unpaired) electrons. The number of hydrogen-bond acceptors (Lipinski definition) is 8. The number of nitrogens with zero attached hydrogens (tertiary/aromatic N) is 3. The predicted octanol–water partition coefficient (Wildman–Crippen LogP) is 8.35. The summed E-state index contributed by atoms with van der Waals surface area (Å²) in [6, 6.07) is 18.6. The van der Waals surface area contributed by atoms with Gasteiger partial charge in [0.25, 0.3) is 0 Å². The standard InChI is InChI=1S/C31H27Br2ClN4O4S/c1-4-12-41-29(39)26-18(2)35-30-36-31(43-17-20-9-5-6-11-24(20)34)37-38(30)27(26)21-14-23(33)28(25(15-21)40-3)42-16-19-8-7-10-22(32)13-19/h4-11,13-15,27H,1,12,16-17H2,2-3H3,(H,35,36,37). The summed E-state index contributed by atoms with van der Waals surface area (Å²) >= 11 is 15.0. The molecule has 0 saturated heterocycles. The molecule has 43 heavy (non-hydrogen) atoms. The van der Waals surface area contributed by atoms with Crippen molar-refractivity contribution in [3.63, 3.8) is 0 Å². The second kappa shape index (κ2) is 14.0. The molecule has 2 heterocycles. The van der Waals surface area contributed by atoms with E-state index in [1.54, 1.807) is 11.8 Å². The van der Waals surface area contributed by atoms with Crippen molar-refractivity contribution in [2.24, 2.45) is 0 Å². The van der Waals surface area contributed by atoms with Gasteiger partial charge in [-0.05, 0) is 69.9 Å². The Morgan fingerprint density at radius 3 is 2.74 bits per heavy atom. The molecule has 0 amide bonds. The van der Waals surface area contributed by atoms with E-state index in [9.17, 15) is 4.79 Å². The lowest BCUT2D eigenvalue weighted by molar-refractivity contribution is -0.138. The van der Waals surface area contributed by atoms with Crippen molar-refractivity contribution >= 4 is 67.1 Å². The fraction of sp³-hybridized carbons (Fsp3) is 0.194. The van der Waals surface area contributed by atoms with Crippen LogP contribution in [0.25, 0.3) is 0 Å². The topological polar surface area (TPSA) is 87.5 Å². The first-order valence-corrected chi connectivity index (χ1v) is 16.1. The number of allylic oxidation sites excluding steroid dienone is 1. The van der Waals surface area contributed by atoms with E-state index in [0.29, 0.717) is 55.7 Å². The molecule has 12 heteroatoms. The van der Waals surface area contributed by atoms with Crippen LogP contribution in [0.4, 0.5) is 5.95 Å². The molecule has 0 aliphatic carbocycles. The van der Waals surface area contributed by atoms with Gasteiger partial charge < -0.3 is 19.5 Å². The summed E-state index contributed by atoms with van der Waals surface area (Å²) in [4.78, 5) is 18.1. The SMILES string of the molecule is C=CCOC(=O)C1=C(C)Nc2nc(SCc3ccccc3Cl)nn2C1c1cc(Br)c(OCc2cccc(Br)c2)c(OC)c1. The largest absolute Gasteiger partial charge is 0.493 e. The third-order valence-electron chi connectivity index (χ3n) is 6.54. The van der Waals surface area contributed by atoms with Gasteiger partial charge in [0, 0.05) is 20.9 Å². The highest BCUT2D eigenvalue weighted by molar-refractivity contribution is 9.10. The van der Waals surface area contributed by atoms with Gasteiger partial charge in [-0.2, -0.15) is 4.98 Å². The minimum absolute atomic E-state index is 0.0703. The predicted molar refractivity (Wildman–Crippen MR) is 176 cm³/mol. The van der Waals surface area contributed by atoms with Gasteiger partial charge >= 0.3 is 5.97 Å². The molecule has 222 valence electrons. The highest BCUT2D eigenvalue weighted by Crippen LogP contribution is 2.43. The Morgan fingerprint density at radius 1 is 1.19 bits per heavy atom. The number of benzene rings is 3. The number of carbonyl (C=O) groups is 1. The smallest absolute Gasteiger partial charge is 0.338 e. The van der Waals surface area contributed by atoms with Crippen LogP contribution in [0, 0.1) is 0 Å². The van der Waals surface area contributed by atoms with E-state index in [0.717, 1.165) is 21.2 Å². The quantitative estimate of drug-likeness (QED) is 0.0932. The fourth-order valence-corrected chi connectivity index (χ4v) is 6.69. The number of esters is 1. The molecule has 1 N–H and O–H groups in total. The molecule has 0 fully saturated rings. The normalized spacial score (nSPS) is 14.1. The van der Waals surface area contributed by atoms with Crippen molar-refractivity contribution in [2.45, 2.75) is 30.5 Å². The Labute approximate surface area is 275 Å². The minimum Gasteiger partial charge on any atom is -0.493 e. The van der Waals surface area contributed by atoms with Gasteiger partial charge in [-0.25, -0.2) is 9.48 Å². The molecular weight excluding hydrogens is 720 g/mol. The van der Waals surface area contributed by atoms with Crippen molar-refractivity contribution in [3.05, 3.63) is 115 Å². The maximum absolute atomic E-state index is 13.4. The van der Waals surface area contributed by atoms with Crippen LogP contribution in [0.3, 0.4) is 0 Å². The van der Waals surface area contributed by atoms with Crippen LogP contribution in [0.5, 0.6) is 11.5 Å². The molecule has 0 saturated carbocycles. The average molecular weight is 747 g/mol. The lowest BCUT2D eigenvalue weighted by Gasteiger charge is -2.28. The van der Waals surface area contributed by atoms with Gasteiger partial charge in [0.2, 0.25) is 11.1 Å². The number of ether oxygens (including phenoxy) is 3.